The highest BCUT2D eigenvalue weighted by Crippen LogP contribution is 1.93. The third kappa shape index (κ3) is 3.30. The lowest BCUT2D eigenvalue weighted by atomic mass is 10.3. The van der Waals surface area contributed by atoms with Crippen LogP contribution in [0.1, 0.15) is 20.3 Å². The van der Waals surface area contributed by atoms with Gasteiger partial charge >= 0.3 is 0 Å². The fraction of sp³-hybridized carbons (Fsp3) is 0.800. The first-order chi connectivity index (χ1) is 3.31. The molecule has 0 spiro atoms. The molecule has 0 radical (unpaired) electrons. The van der Waals surface area contributed by atoms with Crippen LogP contribution in [0, 0.1) is 0 Å². The van der Waals surface area contributed by atoms with Crippen molar-refractivity contribution in [3.63, 3.8) is 0 Å². The second-order valence-corrected chi connectivity index (χ2v) is 1.45. The maximum atomic E-state index is 4.70. The SMILES string of the molecule is C=NOC(C)CC. The zero-order valence-corrected chi connectivity index (χ0v) is 4.85. The van der Waals surface area contributed by atoms with E-state index in [9.17, 15) is 0 Å². The Morgan fingerprint density at radius 3 is 2.57 bits per heavy atom. The Bertz CT molecular complexity index is 54.0. The van der Waals surface area contributed by atoms with Gasteiger partial charge in [-0.25, -0.2) is 0 Å². The van der Waals surface area contributed by atoms with Crippen LogP contribution in [0.2, 0.25) is 0 Å². The van der Waals surface area contributed by atoms with E-state index in [1.54, 1.807) is 0 Å². The number of hydrogen-bond donors (Lipinski definition) is 0. The first-order valence-corrected chi connectivity index (χ1v) is 2.43. The van der Waals surface area contributed by atoms with Gasteiger partial charge in [0.2, 0.25) is 0 Å². The fourth-order valence-corrected chi connectivity index (χ4v) is 0.202. The van der Waals surface area contributed by atoms with Crippen LogP contribution in [0.25, 0.3) is 0 Å². The van der Waals surface area contributed by atoms with Crippen LogP contribution >= 0.6 is 0 Å². The van der Waals surface area contributed by atoms with E-state index < -0.39 is 0 Å². The molecule has 0 amide bonds. The molecule has 0 aromatic rings. The van der Waals surface area contributed by atoms with Gasteiger partial charge in [-0.15, -0.1) is 5.16 Å². The molecule has 0 bridgehead atoms. The largest absolute Gasteiger partial charge is 0.393 e. The fourth-order valence-electron chi connectivity index (χ4n) is 0.202. The maximum Gasteiger partial charge on any atom is 0.124 e. The predicted octanol–water partition coefficient (Wildman–Crippen LogP) is 1.42. The topological polar surface area (TPSA) is 21.6 Å². The lowest BCUT2D eigenvalue weighted by molar-refractivity contribution is 0.0721. The summed E-state index contributed by atoms with van der Waals surface area (Å²) in [5, 5.41) is 3.26. The molecule has 0 fully saturated rings. The Morgan fingerprint density at radius 2 is 2.43 bits per heavy atom. The zero-order chi connectivity index (χ0) is 5.70. The van der Waals surface area contributed by atoms with Gasteiger partial charge < -0.3 is 4.84 Å². The van der Waals surface area contributed by atoms with Crippen LogP contribution in [0.15, 0.2) is 5.16 Å². The summed E-state index contributed by atoms with van der Waals surface area (Å²) < 4.78 is 0. The second-order valence-electron chi connectivity index (χ2n) is 1.45. The van der Waals surface area contributed by atoms with Crippen LogP contribution in [0.5, 0.6) is 0 Å². The van der Waals surface area contributed by atoms with E-state index in [1.807, 2.05) is 13.8 Å². The summed E-state index contributed by atoms with van der Waals surface area (Å²) in [5.41, 5.74) is 0. The molecule has 0 rings (SSSR count). The van der Waals surface area contributed by atoms with Crippen molar-refractivity contribution in [3.05, 3.63) is 0 Å². The molecule has 0 N–H and O–H groups in total. The molecule has 0 aromatic carbocycles. The van der Waals surface area contributed by atoms with E-state index in [1.165, 1.54) is 0 Å². The normalized spacial score (nSPS) is 12.9. The molecular weight excluding hydrogens is 90.1 g/mol. The van der Waals surface area contributed by atoms with Gasteiger partial charge in [-0.3, -0.25) is 0 Å². The van der Waals surface area contributed by atoms with Crippen molar-refractivity contribution >= 4 is 6.72 Å². The molecule has 0 aliphatic heterocycles. The van der Waals surface area contributed by atoms with Gasteiger partial charge in [0.15, 0.2) is 0 Å². The summed E-state index contributed by atoms with van der Waals surface area (Å²) in [4.78, 5) is 4.70. The highest BCUT2D eigenvalue weighted by Gasteiger charge is 1.92. The molecule has 42 valence electrons. The number of nitrogens with zero attached hydrogens (tertiary/aromatic N) is 1. The Morgan fingerprint density at radius 1 is 1.86 bits per heavy atom. The van der Waals surface area contributed by atoms with Gasteiger partial charge in [-0.1, -0.05) is 6.92 Å². The minimum Gasteiger partial charge on any atom is -0.393 e. The van der Waals surface area contributed by atoms with Crippen LogP contribution in [-0.2, 0) is 4.84 Å². The van der Waals surface area contributed by atoms with Crippen molar-refractivity contribution < 1.29 is 4.84 Å². The number of rotatable bonds is 3. The summed E-state index contributed by atoms with van der Waals surface area (Å²) in [7, 11) is 0. The van der Waals surface area contributed by atoms with Crippen LogP contribution in [-0.4, -0.2) is 12.8 Å². The van der Waals surface area contributed by atoms with Gasteiger partial charge in [0.25, 0.3) is 0 Å². The van der Waals surface area contributed by atoms with E-state index in [0.717, 1.165) is 6.42 Å². The predicted molar refractivity (Wildman–Crippen MR) is 30.4 cm³/mol. The Labute approximate surface area is 44.2 Å². The third-order valence-electron chi connectivity index (χ3n) is 0.829. The Balaban J connectivity index is 2.98. The van der Waals surface area contributed by atoms with Crippen LogP contribution in [0.4, 0.5) is 0 Å². The Kier molecular flexibility index (Phi) is 3.38. The molecule has 0 aliphatic rings. The summed E-state index contributed by atoms with van der Waals surface area (Å²) in [5.74, 6) is 0. The molecule has 0 heterocycles. The van der Waals surface area contributed by atoms with E-state index in [-0.39, 0.29) is 6.10 Å². The monoisotopic (exact) mass is 101 g/mol. The molecule has 2 heteroatoms. The summed E-state index contributed by atoms with van der Waals surface area (Å²) in [6, 6.07) is 0. The summed E-state index contributed by atoms with van der Waals surface area (Å²) in [6.07, 6.45) is 1.21. The number of hydrogen-bond acceptors (Lipinski definition) is 2. The van der Waals surface area contributed by atoms with Crippen molar-refractivity contribution in [2.45, 2.75) is 26.4 Å². The minimum absolute atomic E-state index is 0.220. The third-order valence-corrected chi connectivity index (χ3v) is 0.829. The van der Waals surface area contributed by atoms with Crippen molar-refractivity contribution in [2.75, 3.05) is 0 Å². The quantitative estimate of drug-likeness (QED) is 0.389. The smallest absolute Gasteiger partial charge is 0.124 e. The van der Waals surface area contributed by atoms with Crippen molar-refractivity contribution in [1.82, 2.24) is 0 Å². The highest BCUT2D eigenvalue weighted by atomic mass is 16.6. The van der Waals surface area contributed by atoms with Gasteiger partial charge in [0.1, 0.15) is 6.10 Å². The molecule has 0 aliphatic carbocycles. The van der Waals surface area contributed by atoms with Crippen molar-refractivity contribution in [3.8, 4) is 0 Å². The lowest BCUT2D eigenvalue weighted by Crippen LogP contribution is -1.99. The first kappa shape index (κ1) is 6.47. The minimum atomic E-state index is 0.220. The molecule has 7 heavy (non-hydrogen) atoms. The summed E-state index contributed by atoms with van der Waals surface area (Å²) >= 11 is 0. The first-order valence-electron chi connectivity index (χ1n) is 2.43. The molecule has 1 unspecified atom stereocenters. The van der Waals surface area contributed by atoms with Gasteiger partial charge in [-0.2, -0.15) is 0 Å². The molecule has 0 saturated heterocycles. The zero-order valence-electron chi connectivity index (χ0n) is 4.85. The van der Waals surface area contributed by atoms with Crippen LogP contribution in [0.3, 0.4) is 0 Å². The molecule has 2 nitrogen and oxygen atoms in total. The average Bonchev–Trinajstić information content (AvgIpc) is 1.68. The van der Waals surface area contributed by atoms with Crippen molar-refractivity contribution in [2.24, 2.45) is 5.16 Å². The standard InChI is InChI=1S/C5H11NO/c1-4-5(2)7-6-3/h5H,3-4H2,1-2H3. The van der Waals surface area contributed by atoms with Gasteiger partial charge in [0, 0.05) is 6.72 Å². The number of oxime groups is 1. The van der Waals surface area contributed by atoms with E-state index in [0.29, 0.717) is 0 Å². The highest BCUT2D eigenvalue weighted by molar-refractivity contribution is 5.21. The van der Waals surface area contributed by atoms with Gasteiger partial charge in [0.05, 0.1) is 0 Å². The summed E-state index contributed by atoms with van der Waals surface area (Å²) in [6.45, 7) is 7.17. The van der Waals surface area contributed by atoms with Crippen molar-refractivity contribution in [1.29, 1.82) is 0 Å². The Hall–Kier alpha value is -0.530. The van der Waals surface area contributed by atoms with E-state index in [4.69, 9.17) is 4.84 Å². The molecule has 1 atom stereocenters. The average molecular weight is 101 g/mol. The maximum absolute atomic E-state index is 4.70. The lowest BCUT2D eigenvalue weighted by Gasteiger charge is -2.02. The molecule has 0 saturated carbocycles. The molecule has 0 aromatic heterocycles. The van der Waals surface area contributed by atoms with E-state index in [2.05, 4.69) is 11.9 Å². The van der Waals surface area contributed by atoms with E-state index >= 15 is 0 Å². The molecular formula is C5H11NO. The second kappa shape index (κ2) is 3.65. The van der Waals surface area contributed by atoms with Gasteiger partial charge in [-0.05, 0) is 13.3 Å². The van der Waals surface area contributed by atoms with Crippen LogP contribution < -0.4 is 0 Å².